The maximum Gasteiger partial charge on any atom is 0.341 e. The zero-order valence-corrected chi connectivity index (χ0v) is 13.7. The van der Waals surface area contributed by atoms with Crippen LogP contribution in [0.25, 0.3) is 0 Å². The summed E-state index contributed by atoms with van der Waals surface area (Å²) in [6.45, 7) is 7.58. The van der Waals surface area contributed by atoms with Crippen LogP contribution in [0.2, 0.25) is 0 Å². The number of aryl methyl sites for hydroxylation is 1. The molecule has 1 fully saturated rings. The van der Waals surface area contributed by atoms with E-state index in [0.717, 1.165) is 23.3 Å². The molecule has 3 N–H and O–H groups in total. The molecule has 0 bridgehead atoms. The Morgan fingerprint density at radius 2 is 2.05 bits per heavy atom. The van der Waals surface area contributed by atoms with Gasteiger partial charge in [0.25, 0.3) is 0 Å². The van der Waals surface area contributed by atoms with Crippen molar-refractivity contribution in [1.82, 2.24) is 0 Å². The molecule has 0 aliphatic heterocycles. The molecule has 1 atom stereocenters. The van der Waals surface area contributed by atoms with Crippen molar-refractivity contribution in [2.45, 2.75) is 46.1 Å². The summed E-state index contributed by atoms with van der Waals surface area (Å²) >= 11 is 1.38. The van der Waals surface area contributed by atoms with Crippen molar-refractivity contribution in [1.29, 1.82) is 0 Å². The van der Waals surface area contributed by atoms with E-state index in [1.54, 1.807) is 13.8 Å². The van der Waals surface area contributed by atoms with Crippen LogP contribution in [0.4, 0.5) is 5.00 Å². The molecule has 0 radical (unpaired) electrons. The highest BCUT2D eigenvalue weighted by atomic mass is 32.1. The molecule has 2 rings (SSSR count). The normalized spacial score (nSPS) is 17.2. The molecule has 1 saturated carbocycles. The number of carbonyl (C=O) groups is 2. The van der Waals surface area contributed by atoms with Crippen molar-refractivity contribution in [2.75, 3.05) is 11.9 Å². The second kappa shape index (κ2) is 5.77. The number of ether oxygens (including phenoxy) is 1. The molecule has 1 aromatic rings. The smallest absolute Gasteiger partial charge is 0.341 e. The summed E-state index contributed by atoms with van der Waals surface area (Å²) in [4.78, 5) is 25.5. The summed E-state index contributed by atoms with van der Waals surface area (Å²) in [5.74, 6) is -0.415. The quantitative estimate of drug-likeness (QED) is 0.819. The molecule has 0 spiro atoms. The van der Waals surface area contributed by atoms with Gasteiger partial charge in [0.05, 0.1) is 17.7 Å². The fourth-order valence-corrected chi connectivity index (χ4v) is 3.31. The van der Waals surface area contributed by atoms with Crippen LogP contribution in [0.5, 0.6) is 0 Å². The Kier molecular flexibility index (Phi) is 4.39. The van der Waals surface area contributed by atoms with Gasteiger partial charge in [0.15, 0.2) is 0 Å². The van der Waals surface area contributed by atoms with E-state index in [0.29, 0.717) is 17.2 Å². The van der Waals surface area contributed by atoms with Crippen LogP contribution >= 0.6 is 11.3 Å². The predicted molar refractivity (Wildman–Crippen MR) is 83.7 cm³/mol. The molecule has 1 aliphatic carbocycles. The van der Waals surface area contributed by atoms with Crippen LogP contribution in [-0.2, 0) is 9.53 Å². The Morgan fingerprint density at radius 3 is 2.57 bits per heavy atom. The van der Waals surface area contributed by atoms with Crippen molar-refractivity contribution in [3.8, 4) is 0 Å². The first-order valence-electron chi connectivity index (χ1n) is 7.16. The zero-order chi connectivity index (χ0) is 15.8. The molecule has 1 aliphatic rings. The molecular formula is C15H22N2O3S. The van der Waals surface area contributed by atoms with Crippen molar-refractivity contribution in [3.63, 3.8) is 0 Å². The monoisotopic (exact) mass is 310 g/mol. The van der Waals surface area contributed by atoms with Gasteiger partial charge in [-0.15, -0.1) is 11.3 Å². The highest BCUT2D eigenvalue weighted by molar-refractivity contribution is 7.16. The van der Waals surface area contributed by atoms with Gasteiger partial charge in [0.1, 0.15) is 5.00 Å². The van der Waals surface area contributed by atoms with Crippen molar-refractivity contribution in [3.05, 3.63) is 16.0 Å². The number of nitrogens with one attached hydrogen (secondary N) is 1. The number of rotatable bonds is 5. The van der Waals surface area contributed by atoms with Gasteiger partial charge in [0.2, 0.25) is 5.91 Å². The number of esters is 1. The topological polar surface area (TPSA) is 81.4 Å². The second-order valence-electron chi connectivity index (χ2n) is 5.72. The summed E-state index contributed by atoms with van der Waals surface area (Å²) in [5, 5.41) is 3.36. The van der Waals surface area contributed by atoms with Crippen molar-refractivity contribution >= 4 is 28.2 Å². The number of hydrogen-bond acceptors (Lipinski definition) is 5. The lowest BCUT2D eigenvalue weighted by Crippen LogP contribution is -2.50. The molecule has 1 heterocycles. The fourth-order valence-electron chi connectivity index (χ4n) is 2.27. The number of thiophene rings is 1. The van der Waals surface area contributed by atoms with E-state index in [1.165, 1.54) is 11.3 Å². The van der Waals surface area contributed by atoms with Gasteiger partial charge in [0, 0.05) is 4.88 Å². The van der Waals surface area contributed by atoms with E-state index < -0.39 is 11.5 Å². The third-order valence-corrected chi connectivity index (χ3v) is 5.13. The standard InChI is InChI=1S/C15H22N2O3S/c1-5-20-13(18)11-8(2)9(3)21-12(11)17-14(19)15(4,16)10-6-7-10/h10H,5-7,16H2,1-4H3,(H,17,19). The van der Waals surface area contributed by atoms with E-state index in [4.69, 9.17) is 10.5 Å². The number of amides is 1. The van der Waals surface area contributed by atoms with E-state index in [-0.39, 0.29) is 11.8 Å². The van der Waals surface area contributed by atoms with Crippen LogP contribution in [0.1, 0.15) is 47.5 Å². The van der Waals surface area contributed by atoms with Crippen LogP contribution in [0.3, 0.4) is 0 Å². The molecule has 6 heteroatoms. The molecule has 5 nitrogen and oxygen atoms in total. The summed E-state index contributed by atoms with van der Waals surface area (Å²) in [6, 6.07) is 0. The lowest BCUT2D eigenvalue weighted by Gasteiger charge is -2.23. The first kappa shape index (κ1) is 16.0. The minimum Gasteiger partial charge on any atom is -0.462 e. The Labute approximate surface area is 128 Å². The number of hydrogen-bond donors (Lipinski definition) is 2. The van der Waals surface area contributed by atoms with Crippen LogP contribution in [0, 0.1) is 19.8 Å². The molecule has 1 unspecified atom stereocenters. The van der Waals surface area contributed by atoms with Gasteiger partial charge in [-0.3, -0.25) is 4.79 Å². The molecule has 0 aromatic carbocycles. The van der Waals surface area contributed by atoms with E-state index in [2.05, 4.69) is 5.32 Å². The molecule has 116 valence electrons. The molecule has 21 heavy (non-hydrogen) atoms. The Balaban J connectivity index is 2.25. The van der Waals surface area contributed by atoms with Gasteiger partial charge in [-0.1, -0.05) is 0 Å². The largest absolute Gasteiger partial charge is 0.462 e. The third-order valence-electron chi connectivity index (χ3n) is 4.01. The lowest BCUT2D eigenvalue weighted by atomic mass is 9.96. The van der Waals surface area contributed by atoms with Gasteiger partial charge in [-0.2, -0.15) is 0 Å². The summed E-state index contributed by atoms with van der Waals surface area (Å²) in [7, 11) is 0. The average Bonchev–Trinajstić information content (AvgIpc) is 3.19. The van der Waals surface area contributed by atoms with Crippen molar-refractivity contribution < 1.29 is 14.3 Å². The number of anilines is 1. The summed E-state index contributed by atoms with van der Waals surface area (Å²) in [6.07, 6.45) is 1.96. The van der Waals surface area contributed by atoms with Crippen LogP contribution in [0.15, 0.2) is 0 Å². The third kappa shape index (κ3) is 3.11. The average molecular weight is 310 g/mol. The van der Waals surface area contributed by atoms with Crippen molar-refractivity contribution in [2.24, 2.45) is 11.7 Å². The minimum atomic E-state index is -0.891. The van der Waals surface area contributed by atoms with Crippen LogP contribution < -0.4 is 11.1 Å². The number of nitrogens with two attached hydrogens (primary N) is 1. The molecule has 1 amide bonds. The Hall–Kier alpha value is -1.40. The maximum atomic E-state index is 12.4. The predicted octanol–water partition coefficient (Wildman–Crippen LogP) is 2.61. The van der Waals surface area contributed by atoms with Gasteiger partial charge in [-0.25, -0.2) is 4.79 Å². The zero-order valence-electron chi connectivity index (χ0n) is 12.9. The van der Waals surface area contributed by atoms with E-state index in [1.807, 2.05) is 13.8 Å². The van der Waals surface area contributed by atoms with E-state index in [9.17, 15) is 9.59 Å². The minimum absolute atomic E-state index is 0.227. The highest BCUT2D eigenvalue weighted by Gasteiger charge is 2.44. The molecule has 1 aromatic heterocycles. The summed E-state index contributed by atoms with van der Waals surface area (Å²) in [5.41, 5.74) is 6.52. The highest BCUT2D eigenvalue weighted by Crippen LogP contribution is 2.40. The molecular weight excluding hydrogens is 288 g/mol. The number of carbonyl (C=O) groups excluding carboxylic acids is 2. The second-order valence-corrected chi connectivity index (χ2v) is 6.94. The fraction of sp³-hybridized carbons (Fsp3) is 0.600. The van der Waals surface area contributed by atoms with E-state index >= 15 is 0 Å². The SMILES string of the molecule is CCOC(=O)c1c(NC(=O)C(C)(N)C2CC2)sc(C)c1C. The first-order chi connectivity index (χ1) is 9.78. The first-order valence-corrected chi connectivity index (χ1v) is 7.98. The Morgan fingerprint density at radius 1 is 1.43 bits per heavy atom. The Bertz CT molecular complexity index is 574. The van der Waals surface area contributed by atoms with Gasteiger partial charge < -0.3 is 15.8 Å². The maximum absolute atomic E-state index is 12.4. The summed E-state index contributed by atoms with van der Waals surface area (Å²) < 4.78 is 5.07. The van der Waals surface area contributed by atoms with Gasteiger partial charge in [-0.05, 0) is 52.0 Å². The molecule has 0 saturated heterocycles. The van der Waals surface area contributed by atoms with Crippen LogP contribution in [-0.4, -0.2) is 24.0 Å². The van der Waals surface area contributed by atoms with Gasteiger partial charge >= 0.3 is 5.97 Å². The lowest BCUT2D eigenvalue weighted by molar-refractivity contribution is -0.121.